The number of benzene rings is 1. The van der Waals surface area contributed by atoms with Crippen LogP contribution in [0, 0.1) is 6.92 Å². The van der Waals surface area contributed by atoms with Crippen molar-refractivity contribution in [1.82, 2.24) is 5.32 Å². The summed E-state index contributed by atoms with van der Waals surface area (Å²) in [7, 11) is 0. The molecule has 1 N–H and O–H groups in total. The first-order chi connectivity index (χ1) is 9.91. The minimum atomic E-state index is -0.0765. The highest BCUT2D eigenvalue weighted by Gasteiger charge is 2.31. The summed E-state index contributed by atoms with van der Waals surface area (Å²) >= 11 is 0. The van der Waals surface area contributed by atoms with Crippen molar-refractivity contribution in [2.75, 3.05) is 24.5 Å². The lowest BCUT2D eigenvalue weighted by molar-refractivity contribution is -0.0749. The molecule has 0 aromatic heterocycles. The third kappa shape index (κ3) is 4.45. The zero-order chi connectivity index (χ0) is 15.5. The Morgan fingerprint density at radius 3 is 2.76 bits per heavy atom. The number of ether oxygens (including phenoxy) is 1. The second-order valence-electron chi connectivity index (χ2n) is 6.86. The summed E-state index contributed by atoms with van der Waals surface area (Å²) in [5.41, 5.74) is 4.00. The van der Waals surface area contributed by atoms with Crippen molar-refractivity contribution >= 4 is 5.69 Å². The van der Waals surface area contributed by atoms with Crippen molar-refractivity contribution in [2.24, 2.45) is 0 Å². The monoisotopic (exact) mass is 290 g/mol. The van der Waals surface area contributed by atoms with Crippen molar-refractivity contribution in [3.63, 3.8) is 0 Å². The van der Waals surface area contributed by atoms with Gasteiger partial charge in [0.25, 0.3) is 0 Å². The molecule has 1 aromatic rings. The van der Waals surface area contributed by atoms with Crippen LogP contribution >= 0.6 is 0 Å². The average molecular weight is 290 g/mol. The quantitative estimate of drug-likeness (QED) is 0.840. The fourth-order valence-electron chi connectivity index (χ4n) is 3.13. The summed E-state index contributed by atoms with van der Waals surface area (Å²) in [6, 6.07) is 6.83. The molecule has 0 radical (unpaired) electrons. The number of hydrogen-bond donors (Lipinski definition) is 1. The summed E-state index contributed by atoms with van der Waals surface area (Å²) in [4.78, 5) is 2.45. The molecule has 1 atom stereocenters. The van der Waals surface area contributed by atoms with Crippen molar-refractivity contribution in [3.8, 4) is 0 Å². The fourth-order valence-corrected chi connectivity index (χ4v) is 3.13. The fraction of sp³-hybridized carbons (Fsp3) is 0.667. The van der Waals surface area contributed by atoms with E-state index in [1.165, 1.54) is 23.2 Å². The van der Waals surface area contributed by atoms with E-state index >= 15 is 0 Å². The molecule has 3 heteroatoms. The summed E-state index contributed by atoms with van der Waals surface area (Å²) in [5, 5.41) is 3.48. The van der Waals surface area contributed by atoms with Gasteiger partial charge in [0, 0.05) is 25.3 Å². The van der Waals surface area contributed by atoms with Gasteiger partial charge in [0.1, 0.15) is 0 Å². The Kier molecular flexibility index (Phi) is 5.28. The molecule has 1 aliphatic heterocycles. The maximum Gasteiger partial charge on any atom is 0.0805 e. The van der Waals surface area contributed by atoms with E-state index in [-0.39, 0.29) is 11.7 Å². The van der Waals surface area contributed by atoms with Crippen LogP contribution in [0.1, 0.15) is 45.2 Å². The van der Waals surface area contributed by atoms with E-state index in [2.05, 4.69) is 63.0 Å². The van der Waals surface area contributed by atoms with Gasteiger partial charge in [-0.25, -0.2) is 0 Å². The molecule has 1 fully saturated rings. The van der Waals surface area contributed by atoms with Crippen LogP contribution in [0.25, 0.3) is 0 Å². The molecular weight excluding hydrogens is 260 g/mol. The maximum atomic E-state index is 5.99. The van der Waals surface area contributed by atoms with Gasteiger partial charge >= 0.3 is 0 Å². The standard InChI is InChI=1S/C18H30N2O/c1-6-9-19-11-16-7-8-17(10-14(16)2)20-12-15(3)21-18(4,5)13-20/h7-8,10,15,19H,6,9,11-13H2,1-5H3. The van der Waals surface area contributed by atoms with Gasteiger partial charge in [-0.05, 0) is 63.9 Å². The number of anilines is 1. The van der Waals surface area contributed by atoms with Gasteiger partial charge in [0.05, 0.1) is 11.7 Å². The Morgan fingerprint density at radius 2 is 2.14 bits per heavy atom. The van der Waals surface area contributed by atoms with E-state index in [0.717, 1.165) is 26.2 Å². The number of morpholine rings is 1. The Balaban J connectivity index is 2.08. The van der Waals surface area contributed by atoms with Crippen LogP contribution in [-0.4, -0.2) is 31.3 Å². The number of nitrogens with zero attached hydrogens (tertiary/aromatic N) is 1. The van der Waals surface area contributed by atoms with Crippen LogP contribution in [0.15, 0.2) is 18.2 Å². The molecule has 0 bridgehead atoms. The van der Waals surface area contributed by atoms with E-state index in [4.69, 9.17) is 4.74 Å². The number of hydrogen-bond acceptors (Lipinski definition) is 3. The van der Waals surface area contributed by atoms with Gasteiger partial charge in [-0.15, -0.1) is 0 Å². The zero-order valence-corrected chi connectivity index (χ0v) is 14.2. The first kappa shape index (κ1) is 16.3. The van der Waals surface area contributed by atoms with E-state index in [9.17, 15) is 0 Å². The summed E-state index contributed by atoms with van der Waals surface area (Å²) in [6.45, 7) is 14.9. The van der Waals surface area contributed by atoms with Crippen molar-refractivity contribution in [2.45, 2.75) is 59.3 Å². The van der Waals surface area contributed by atoms with Gasteiger partial charge in [-0.3, -0.25) is 0 Å². The molecule has 0 saturated carbocycles. The van der Waals surface area contributed by atoms with Crippen LogP contribution in [0.4, 0.5) is 5.69 Å². The number of nitrogens with one attached hydrogen (secondary N) is 1. The highest BCUT2D eigenvalue weighted by molar-refractivity contribution is 5.51. The first-order valence-electron chi connectivity index (χ1n) is 8.14. The van der Waals surface area contributed by atoms with E-state index in [1.54, 1.807) is 0 Å². The lowest BCUT2D eigenvalue weighted by Crippen LogP contribution is -2.52. The normalized spacial score (nSPS) is 21.6. The average Bonchev–Trinajstić information content (AvgIpc) is 2.38. The minimum Gasteiger partial charge on any atom is -0.369 e. The number of aryl methyl sites for hydroxylation is 1. The Morgan fingerprint density at radius 1 is 1.38 bits per heavy atom. The molecule has 2 rings (SSSR count). The molecule has 0 spiro atoms. The molecule has 1 aromatic carbocycles. The molecule has 21 heavy (non-hydrogen) atoms. The Bertz CT molecular complexity index is 470. The maximum absolute atomic E-state index is 5.99. The molecule has 1 heterocycles. The van der Waals surface area contributed by atoms with Crippen LogP contribution in [-0.2, 0) is 11.3 Å². The topological polar surface area (TPSA) is 24.5 Å². The summed E-state index contributed by atoms with van der Waals surface area (Å²) in [6.07, 6.45) is 1.46. The number of rotatable bonds is 5. The summed E-state index contributed by atoms with van der Waals surface area (Å²) < 4.78 is 5.99. The van der Waals surface area contributed by atoms with Crippen LogP contribution in [0.2, 0.25) is 0 Å². The molecule has 3 nitrogen and oxygen atoms in total. The molecular formula is C18H30N2O. The molecule has 0 aliphatic carbocycles. The van der Waals surface area contributed by atoms with Gasteiger partial charge < -0.3 is 15.0 Å². The predicted molar refractivity (Wildman–Crippen MR) is 90.0 cm³/mol. The Labute approximate surface area is 129 Å². The lowest BCUT2D eigenvalue weighted by atomic mass is 10.0. The van der Waals surface area contributed by atoms with Crippen molar-refractivity contribution in [3.05, 3.63) is 29.3 Å². The van der Waals surface area contributed by atoms with Crippen LogP contribution < -0.4 is 10.2 Å². The van der Waals surface area contributed by atoms with E-state index in [0.29, 0.717) is 0 Å². The second-order valence-corrected chi connectivity index (χ2v) is 6.86. The van der Waals surface area contributed by atoms with Gasteiger partial charge in [0.15, 0.2) is 0 Å². The van der Waals surface area contributed by atoms with Gasteiger partial charge in [0.2, 0.25) is 0 Å². The summed E-state index contributed by atoms with van der Waals surface area (Å²) in [5.74, 6) is 0. The van der Waals surface area contributed by atoms with Crippen molar-refractivity contribution < 1.29 is 4.74 Å². The van der Waals surface area contributed by atoms with E-state index in [1.807, 2.05) is 0 Å². The van der Waals surface area contributed by atoms with Crippen LogP contribution in [0.3, 0.4) is 0 Å². The smallest absolute Gasteiger partial charge is 0.0805 e. The zero-order valence-electron chi connectivity index (χ0n) is 14.2. The SMILES string of the molecule is CCCNCc1ccc(N2CC(C)OC(C)(C)C2)cc1C. The van der Waals surface area contributed by atoms with Gasteiger partial charge in [-0.2, -0.15) is 0 Å². The third-order valence-corrected chi connectivity index (χ3v) is 4.00. The third-order valence-electron chi connectivity index (χ3n) is 4.00. The highest BCUT2D eigenvalue weighted by Crippen LogP contribution is 2.27. The van der Waals surface area contributed by atoms with Gasteiger partial charge in [-0.1, -0.05) is 13.0 Å². The van der Waals surface area contributed by atoms with Crippen molar-refractivity contribution in [1.29, 1.82) is 0 Å². The molecule has 1 aliphatic rings. The minimum absolute atomic E-state index is 0.0765. The molecule has 0 amide bonds. The first-order valence-corrected chi connectivity index (χ1v) is 8.14. The largest absolute Gasteiger partial charge is 0.369 e. The predicted octanol–water partition coefficient (Wildman–Crippen LogP) is 3.50. The van der Waals surface area contributed by atoms with Crippen LogP contribution in [0.5, 0.6) is 0 Å². The Hall–Kier alpha value is -1.06. The molecule has 118 valence electrons. The lowest BCUT2D eigenvalue weighted by Gasteiger charge is -2.43. The molecule has 1 unspecified atom stereocenters. The highest BCUT2D eigenvalue weighted by atomic mass is 16.5. The van der Waals surface area contributed by atoms with E-state index < -0.39 is 0 Å². The second kappa shape index (κ2) is 6.80. The molecule has 1 saturated heterocycles.